The smallest absolute Gasteiger partial charge is 0.233 e. The summed E-state index contributed by atoms with van der Waals surface area (Å²) in [4.78, 5) is 16.5. The zero-order valence-electron chi connectivity index (χ0n) is 16.1. The van der Waals surface area contributed by atoms with E-state index in [4.69, 9.17) is 4.74 Å². The van der Waals surface area contributed by atoms with Crippen LogP contribution in [0.25, 0.3) is 11.4 Å². The summed E-state index contributed by atoms with van der Waals surface area (Å²) in [6.45, 7) is 5.09. The van der Waals surface area contributed by atoms with Crippen LogP contribution in [0.15, 0.2) is 53.9 Å². The predicted octanol–water partition coefficient (Wildman–Crippen LogP) is 3.17. The maximum Gasteiger partial charge on any atom is 0.233 e. The lowest BCUT2D eigenvalue weighted by atomic mass is 10.2. The fourth-order valence-corrected chi connectivity index (χ4v) is 3.60. The Kier molecular flexibility index (Phi) is 6.65. The van der Waals surface area contributed by atoms with Crippen LogP contribution in [0.3, 0.4) is 0 Å². The second kappa shape index (κ2) is 9.36. The van der Waals surface area contributed by atoms with E-state index in [1.165, 1.54) is 11.8 Å². The van der Waals surface area contributed by atoms with E-state index >= 15 is 0 Å². The minimum Gasteiger partial charge on any atom is -0.497 e. The Morgan fingerprint density at radius 3 is 2.54 bits per heavy atom. The highest BCUT2D eigenvalue weighted by Crippen LogP contribution is 2.26. The van der Waals surface area contributed by atoms with E-state index in [1.54, 1.807) is 19.5 Å². The Morgan fingerprint density at radius 1 is 1.18 bits per heavy atom. The van der Waals surface area contributed by atoms with Gasteiger partial charge >= 0.3 is 0 Å². The number of nitrogens with one attached hydrogen (secondary N) is 1. The topological polar surface area (TPSA) is 81.9 Å². The molecule has 0 fully saturated rings. The summed E-state index contributed by atoms with van der Waals surface area (Å²) in [5, 5.41) is 12.0. The molecule has 3 aromatic rings. The van der Waals surface area contributed by atoms with Gasteiger partial charge in [-0.25, -0.2) is 0 Å². The second-order valence-corrected chi connectivity index (χ2v) is 7.42. The van der Waals surface area contributed by atoms with Gasteiger partial charge in [0.25, 0.3) is 0 Å². The molecule has 0 spiro atoms. The third-order valence-corrected chi connectivity index (χ3v) is 5.33. The summed E-state index contributed by atoms with van der Waals surface area (Å²) in [5.74, 6) is 1.53. The summed E-state index contributed by atoms with van der Waals surface area (Å²) >= 11 is 1.40. The lowest BCUT2D eigenvalue weighted by Crippen LogP contribution is -2.30. The second-order valence-electron chi connectivity index (χ2n) is 6.11. The molecule has 0 radical (unpaired) electrons. The van der Waals surface area contributed by atoms with E-state index in [0.29, 0.717) is 13.1 Å². The van der Waals surface area contributed by atoms with E-state index < -0.39 is 0 Å². The Balaban J connectivity index is 1.62. The number of benzene rings is 1. The number of methoxy groups -OCH3 is 1. The van der Waals surface area contributed by atoms with E-state index in [9.17, 15) is 4.79 Å². The first-order chi connectivity index (χ1) is 13.6. The van der Waals surface area contributed by atoms with E-state index in [-0.39, 0.29) is 11.2 Å². The minimum atomic E-state index is -0.293. The Bertz CT molecular complexity index is 912. The molecular formula is C20H23N5O2S. The summed E-state index contributed by atoms with van der Waals surface area (Å²) in [7, 11) is 1.63. The third kappa shape index (κ3) is 4.69. The van der Waals surface area contributed by atoms with Gasteiger partial charge in [-0.1, -0.05) is 23.9 Å². The van der Waals surface area contributed by atoms with Gasteiger partial charge in [-0.3, -0.25) is 9.78 Å². The molecule has 0 saturated heterocycles. The molecule has 2 aromatic heterocycles. The number of aromatic nitrogens is 4. The molecule has 0 saturated carbocycles. The standard InChI is InChI=1S/C20H23N5O2S/c1-4-25-18(16-9-11-21-12-10-16)23-24-20(25)28-14(2)19(26)22-13-15-5-7-17(27-3)8-6-15/h5-12,14H,4,13H2,1-3H3,(H,22,26). The minimum absolute atomic E-state index is 0.0445. The average Bonchev–Trinajstić information content (AvgIpc) is 3.15. The fourth-order valence-electron chi connectivity index (χ4n) is 2.66. The van der Waals surface area contributed by atoms with Gasteiger partial charge in [-0.05, 0) is 43.7 Å². The molecule has 0 aliphatic carbocycles. The molecule has 1 unspecified atom stereocenters. The first-order valence-electron chi connectivity index (χ1n) is 9.03. The molecule has 0 aliphatic heterocycles. The maximum absolute atomic E-state index is 12.5. The van der Waals surface area contributed by atoms with Crippen LogP contribution in [-0.4, -0.2) is 38.0 Å². The number of carbonyl (C=O) groups excluding carboxylic acids is 1. The van der Waals surface area contributed by atoms with E-state index in [1.807, 2.05) is 54.8 Å². The quantitative estimate of drug-likeness (QED) is 0.588. The van der Waals surface area contributed by atoms with Crippen molar-refractivity contribution in [1.29, 1.82) is 0 Å². The van der Waals surface area contributed by atoms with E-state index in [0.717, 1.165) is 27.9 Å². The molecule has 146 valence electrons. The van der Waals surface area contributed by atoms with Gasteiger partial charge in [0.05, 0.1) is 12.4 Å². The van der Waals surface area contributed by atoms with Crippen molar-refractivity contribution in [3.05, 3.63) is 54.4 Å². The highest BCUT2D eigenvalue weighted by molar-refractivity contribution is 8.00. The summed E-state index contributed by atoms with van der Waals surface area (Å²) in [6, 6.07) is 11.4. The number of hydrogen-bond acceptors (Lipinski definition) is 6. The molecule has 7 nitrogen and oxygen atoms in total. The third-order valence-electron chi connectivity index (χ3n) is 4.25. The predicted molar refractivity (Wildman–Crippen MR) is 109 cm³/mol. The number of thioether (sulfide) groups is 1. The van der Waals surface area contributed by atoms with Crippen molar-refractivity contribution in [2.75, 3.05) is 7.11 Å². The molecule has 28 heavy (non-hydrogen) atoms. The van der Waals surface area contributed by atoms with Crippen LogP contribution >= 0.6 is 11.8 Å². The van der Waals surface area contributed by atoms with Gasteiger partial charge in [-0.2, -0.15) is 0 Å². The Labute approximate surface area is 168 Å². The van der Waals surface area contributed by atoms with Crippen LogP contribution in [0.5, 0.6) is 5.75 Å². The van der Waals surface area contributed by atoms with Crippen LogP contribution in [0.4, 0.5) is 0 Å². The molecule has 1 amide bonds. The Morgan fingerprint density at radius 2 is 1.89 bits per heavy atom. The van der Waals surface area contributed by atoms with Gasteiger partial charge in [0.1, 0.15) is 5.75 Å². The maximum atomic E-state index is 12.5. The van der Waals surface area contributed by atoms with Crippen molar-refractivity contribution in [3.63, 3.8) is 0 Å². The number of rotatable bonds is 8. The van der Waals surface area contributed by atoms with Crippen molar-refractivity contribution < 1.29 is 9.53 Å². The van der Waals surface area contributed by atoms with Crippen molar-refractivity contribution in [3.8, 4) is 17.1 Å². The highest BCUT2D eigenvalue weighted by Gasteiger charge is 2.20. The van der Waals surface area contributed by atoms with Crippen molar-refractivity contribution in [2.24, 2.45) is 0 Å². The first-order valence-corrected chi connectivity index (χ1v) is 9.91. The summed E-state index contributed by atoms with van der Waals surface area (Å²) < 4.78 is 7.15. The Hall–Kier alpha value is -2.87. The van der Waals surface area contributed by atoms with Crippen LogP contribution < -0.4 is 10.1 Å². The number of ether oxygens (including phenoxy) is 1. The van der Waals surface area contributed by atoms with Gasteiger partial charge in [-0.15, -0.1) is 10.2 Å². The number of amides is 1. The highest BCUT2D eigenvalue weighted by atomic mass is 32.2. The number of nitrogens with zero attached hydrogens (tertiary/aromatic N) is 4. The zero-order chi connectivity index (χ0) is 19.9. The van der Waals surface area contributed by atoms with Gasteiger partial charge in [0, 0.05) is 31.0 Å². The zero-order valence-corrected chi connectivity index (χ0v) is 16.9. The summed E-state index contributed by atoms with van der Waals surface area (Å²) in [5.41, 5.74) is 1.97. The van der Waals surface area contributed by atoms with Crippen LogP contribution in [0, 0.1) is 0 Å². The molecule has 1 aromatic carbocycles. The van der Waals surface area contributed by atoms with Crippen molar-refractivity contribution in [2.45, 2.75) is 37.3 Å². The SMILES string of the molecule is CCn1c(SC(C)C(=O)NCc2ccc(OC)cc2)nnc1-c1ccncc1. The van der Waals surface area contributed by atoms with Crippen LogP contribution in [-0.2, 0) is 17.9 Å². The summed E-state index contributed by atoms with van der Waals surface area (Å²) in [6.07, 6.45) is 3.46. The number of hydrogen-bond donors (Lipinski definition) is 1. The van der Waals surface area contributed by atoms with Gasteiger partial charge in [0.2, 0.25) is 5.91 Å². The lowest BCUT2D eigenvalue weighted by Gasteiger charge is -2.13. The van der Waals surface area contributed by atoms with Gasteiger partial charge < -0.3 is 14.6 Å². The molecule has 0 aliphatic rings. The normalized spacial score (nSPS) is 11.8. The number of pyridine rings is 1. The first kappa shape index (κ1) is 19.9. The monoisotopic (exact) mass is 397 g/mol. The lowest BCUT2D eigenvalue weighted by molar-refractivity contribution is -0.120. The molecule has 2 heterocycles. The van der Waals surface area contributed by atoms with Crippen molar-refractivity contribution >= 4 is 17.7 Å². The van der Waals surface area contributed by atoms with Crippen molar-refractivity contribution in [1.82, 2.24) is 25.1 Å². The fraction of sp³-hybridized carbons (Fsp3) is 0.300. The largest absolute Gasteiger partial charge is 0.497 e. The average molecular weight is 398 g/mol. The molecule has 3 rings (SSSR count). The van der Waals surface area contributed by atoms with Crippen LogP contribution in [0.2, 0.25) is 0 Å². The molecular weight excluding hydrogens is 374 g/mol. The number of carbonyl (C=O) groups is 1. The molecule has 0 bridgehead atoms. The molecule has 1 atom stereocenters. The van der Waals surface area contributed by atoms with Crippen LogP contribution in [0.1, 0.15) is 19.4 Å². The molecule has 1 N–H and O–H groups in total. The van der Waals surface area contributed by atoms with Gasteiger partial charge in [0.15, 0.2) is 11.0 Å². The molecule has 8 heteroatoms. The van der Waals surface area contributed by atoms with E-state index in [2.05, 4.69) is 20.5 Å².